The van der Waals surface area contributed by atoms with Crippen molar-refractivity contribution in [2.75, 3.05) is 29.5 Å². The first-order valence-corrected chi connectivity index (χ1v) is 10.2. The van der Waals surface area contributed by atoms with Gasteiger partial charge < -0.3 is 21.3 Å². The summed E-state index contributed by atoms with van der Waals surface area (Å²) in [6, 6.07) is 7.69. The van der Waals surface area contributed by atoms with Crippen molar-refractivity contribution in [2.24, 2.45) is 0 Å². The van der Waals surface area contributed by atoms with Crippen LogP contribution in [0.5, 0.6) is 0 Å². The highest BCUT2D eigenvalue weighted by atomic mass is 16.2. The fourth-order valence-electron chi connectivity index (χ4n) is 4.64. The number of hydrogen-bond donors (Lipinski definition) is 3. The molecule has 0 saturated carbocycles. The van der Waals surface area contributed by atoms with Crippen LogP contribution in [0.25, 0.3) is 0 Å². The van der Waals surface area contributed by atoms with E-state index in [1.807, 2.05) is 24.3 Å². The van der Waals surface area contributed by atoms with E-state index < -0.39 is 5.54 Å². The highest BCUT2D eigenvalue weighted by Gasteiger charge is 2.45. The van der Waals surface area contributed by atoms with Crippen molar-refractivity contribution in [1.29, 1.82) is 0 Å². The van der Waals surface area contributed by atoms with Crippen molar-refractivity contribution < 1.29 is 9.59 Å². The van der Waals surface area contributed by atoms with E-state index in [1.165, 1.54) is 0 Å². The van der Waals surface area contributed by atoms with Crippen LogP contribution < -0.4 is 16.4 Å². The predicted molar refractivity (Wildman–Crippen MR) is 110 cm³/mol. The summed E-state index contributed by atoms with van der Waals surface area (Å²) in [6.45, 7) is 0.972. The number of benzene rings is 1. The van der Waals surface area contributed by atoms with Crippen LogP contribution in [0.2, 0.25) is 0 Å². The van der Waals surface area contributed by atoms with Gasteiger partial charge in [-0.25, -0.2) is 9.97 Å². The Morgan fingerprint density at radius 2 is 1.79 bits per heavy atom. The third-order valence-corrected chi connectivity index (χ3v) is 6.29. The Morgan fingerprint density at radius 3 is 2.59 bits per heavy atom. The van der Waals surface area contributed by atoms with Crippen LogP contribution in [0.3, 0.4) is 0 Å². The number of nitrogens with one attached hydrogen (secondary N) is 2. The number of carbonyl (C=O) groups excluding carboxylic acids is 2. The van der Waals surface area contributed by atoms with E-state index >= 15 is 0 Å². The Morgan fingerprint density at radius 1 is 1.07 bits per heavy atom. The molecule has 150 valence electrons. The Hall–Kier alpha value is -3.16. The fourth-order valence-corrected chi connectivity index (χ4v) is 4.64. The first-order valence-electron chi connectivity index (χ1n) is 10.2. The molecule has 0 radical (unpaired) electrons. The third-order valence-electron chi connectivity index (χ3n) is 6.29. The molecule has 0 bridgehead atoms. The molecule has 4 N–H and O–H groups in total. The number of fused-ring (bicyclic) bond motifs is 2. The fraction of sp³-hybridized carbons (Fsp3) is 0.429. The van der Waals surface area contributed by atoms with E-state index in [0.717, 1.165) is 48.3 Å². The van der Waals surface area contributed by atoms with E-state index in [9.17, 15) is 9.59 Å². The summed E-state index contributed by atoms with van der Waals surface area (Å²) in [7, 11) is 0. The van der Waals surface area contributed by atoms with E-state index in [1.54, 1.807) is 4.90 Å². The van der Waals surface area contributed by atoms with Crippen molar-refractivity contribution >= 4 is 29.1 Å². The molecule has 2 amide bonds. The van der Waals surface area contributed by atoms with Gasteiger partial charge in [-0.3, -0.25) is 9.59 Å². The molecule has 8 heteroatoms. The lowest BCUT2D eigenvalue weighted by Crippen LogP contribution is -2.59. The van der Waals surface area contributed by atoms with Crippen molar-refractivity contribution in [1.82, 2.24) is 14.9 Å². The van der Waals surface area contributed by atoms with E-state index in [-0.39, 0.29) is 17.8 Å². The smallest absolute Gasteiger partial charge is 0.272 e. The monoisotopic (exact) mass is 392 g/mol. The van der Waals surface area contributed by atoms with Crippen molar-refractivity contribution in [3.8, 4) is 0 Å². The summed E-state index contributed by atoms with van der Waals surface area (Å²) >= 11 is 0. The second kappa shape index (κ2) is 6.72. The summed E-state index contributed by atoms with van der Waals surface area (Å²) in [5.74, 6) is 0.0167. The lowest BCUT2D eigenvalue weighted by molar-refractivity contribution is -0.122. The van der Waals surface area contributed by atoms with Crippen LogP contribution in [-0.4, -0.2) is 45.3 Å². The second-order valence-electron chi connectivity index (χ2n) is 8.06. The van der Waals surface area contributed by atoms with Gasteiger partial charge in [0, 0.05) is 24.3 Å². The molecular weight excluding hydrogens is 368 g/mol. The van der Waals surface area contributed by atoms with Crippen molar-refractivity contribution in [2.45, 2.75) is 44.1 Å². The lowest BCUT2D eigenvalue weighted by Gasteiger charge is -2.44. The largest absolute Gasteiger partial charge is 0.369 e. The van der Waals surface area contributed by atoms with Crippen LogP contribution in [-0.2, 0) is 17.6 Å². The SMILES string of the molecule is Nc1nc2c(c(C(=O)N3CCC4(CC3)Nc3ccccc3NC4=O)n1)CCCC2. The van der Waals surface area contributed by atoms with Gasteiger partial charge in [-0.2, -0.15) is 0 Å². The number of aromatic nitrogens is 2. The van der Waals surface area contributed by atoms with Crippen LogP contribution in [0, 0.1) is 0 Å². The summed E-state index contributed by atoms with van der Waals surface area (Å²) in [5.41, 5.74) is 9.19. The van der Waals surface area contributed by atoms with Gasteiger partial charge in [0.25, 0.3) is 5.91 Å². The Kier molecular flexibility index (Phi) is 4.15. The minimum atomic E-state index is -0.685. The Labute approximate surface area is 168 Å². The zero-order valence-electron chi connectivity index (χ0n) is 16.2. The minimum absolute atomic E-state index is 0.0352. The Balaban J connectivity index is 1.36. The van der Waals surface area contributed by atoms with Gasteiger partial charge in [0.2, 0.25) is 11.9 Å². The highest BCUT2D eigenvalue weighted by molar-refractivity contribution is 6.06. The number of piperidine rings is 1. The van der Waals surface area contributed by atoms with Crippen LogP contribution in [0.15, 0.2) is 24.3 Å². The number of hydrogen-bond acceptors (Lipinski definition) is 6. The molecule has 3 heterocycles. The zero-order valence-corrected chi connectivity index (χ0v) is 16.2. The zero-order chi connectivity index (χ0) is 20.0. The van der Waals surface area contributed by atoms with Crippen LogP contribution in [0.1, 0.15) is 47.4 Å². The van der Waals surface area contributed by atoms with Gasteiger partial charge in [-0.05, 0) is 50.7 Å². The summed E-state index contributed by atoms with van der Waals surface area (Å²) in [5, 5.41) is 6.43. The summed E-state index contributed by atoms with van der Waals surface area (Å²) in [6.07, 6.45) is 4.84. The van der Waals surface area contributed by atoms with E-state index in [0.29, 0.717) is 31.6 Å². The highest BCUT2D eigenvalue weighted by Crippen LogP contribution is 2.36. The van der Waals surface area contributed by atoms with Gasteiger partial charge in [0.05, 0.1) is 11.4 Å². The third kappa shape index (κ3) is 2.99. The first kappa shape index (κ1) is 17.9. The average Bonchev–Trinajstić information content (AvgIpc) is 2.74. The number of anilines is 3. The number of para-hydroxylation sites is 2. The second-order valence-corrected chi connectivity index (χ2v) is 8.06. The number of rotatable bonds is 1. The molecule has 1 aliphatic carbocycles. The number of likely N-dealkylation sites (tertiary alicyclic amines) is 1. The topological polar surface area (TPSA) is 113 Å². The molecule has 8 nitrogen and oxygen atoms in total. The van der Waals surface area contributed by atoms with E-state index in [2.05, 4.69) is 20.6 Å². The average molecular weight is 392 g/mol. The van der Waals surface area contributed by atoms with Gasteiger partial charge in [0.1, 0.15) is 11.2 Å². The molecule has 29 heavy (non-hydrogen) atoms. The normalized spacial score (nSPS) is 19.7. The van der Waals surface area contributed by atoms with Gasteiger partial charge in [0.15, 0.2) is 0 Å². The quantitative estimate of drug-likeness (QED) is 0.684. The summed E-state index contributed by atoms with van der Waals surface area (Å²) in [4.78, 5) is 36.5. The number of nitrogens with zero attached hydrogens (tertiary/aromatic N) is 3. The maximum atomic E-state index is 13.2. The molecule has 1 aromatic heterocycles. The molecular formula is C21H24N6O2. The number of nitrogen functional groups attached to an aromatic ring is 1. The lowest BCUT2D eigenvalue weighted by atomic mass is 9.84. The molecule has 1 spiro atoms. The minimum Gasteiger partial charge on any atom is -0.369 e. The van der Waals surface area contributed by atoms with Gasteiger partial charge >= 0.3 is 0 Å². The van der Waals surface area contributed by atoms with Crippen molar-refractivity contribution in [3.05, 3.63) is 41.2 Å². The van der Waals surface area contributed by atoms with Gasteiger partial charge in [-0.15, -0.1) is 0 Å². The van der Waals surface area contributed by atoms with E-state index in [4.69, 9.17) is 5.73 Å². The maximum absolute atomic E-state index is 13.2. The molecule has 1 saturated heterocycles. The number of nitrogens with two attached hydrogens (primary N) is 1. The molecule has 1 fully saturated rings. The molecule has 0 unspecified atom stereocenters. The number of amides is 2. The predicted octanol–water partition coefficient (Wildman–Crippen LogP) is 1.98. The first-order chi connectivity index (χ1) is 14.1. The summed E-state index contributed by atoms with van der Waals surface area (Å²) < 4.78 is 0. The number of aryl methyl sites for hydroxylation is 1. The maximum Gasteiger partial charge on any atom is 0.272 e. The molecule has 0 atom stereocenters. The van der Waals surface area contributed by atoms with Crippen molar-refractivity contribution in [3.63, 3.8) is 0 Å². The van der Waals surface area contributed by atoms with Crippen LogP contribution >= 0.6 is 0 Å². The molecule has 2 aromatic rings. The molecule has 3 aliphatic rings. The number of carbonyl (C=O) groups is 2. The van der Waals surface area contributed by atoms with Gasteiger partial charge in [-0.1, -0.05) is 12.1 Å². The standard InChI is InChI=1S/C21H24N6O2/c22-20-24-14-6-2-1-5-13(14)17(25-20)18(28)27-11-9-21(10-12-27)19(29)23-15-7-3-4-8-16(15)26-21/h3-4,7-8,26H,1-2,5-6,9-12H2,(H,23,29)(H2,22,24,25). The molecule has 5 rings (SSSR count). The van der Waals surface area contributed by atoms with Crippen LogP contribution in [0.4, 0.5) is 17.3 Å². The molecule has 2 aliphatic heterocycles. The Bertz CT molecular complexity index is 997. The molecule has 1 aromatic carbocycles.